The van der Waals surface area contributed by atoms with Gasteiger partial charge in [0.25, 0.3) is 0 Å². The standard InChI is InChI=1S/C23H27N5O2/c1-28-20(29)19(7-14-3-4-18-17(6-14)12-24-27-18)25-21(28)26-22-8-15-5-16(9-22)11-23(10-15,13-22)30-2/h3-4,6-7,12,15-16,29H,5,8-11,13H2,1-2H3,(H,25,26). The van der Waals surface area contributed by atoms with Crippen molar-refractivity contribution in [3.63, 3.8) is 0 Å². The summed E-state index contributed by atoms with van der Waals surface area (Å²) in [5.74, 6) is 2.33. The Labute approximate surface area is 175 Å². The van der Waals surface area contributed by atoms with Crippen LogP contribution in [0.4, 0.5) is 5.95 Å². The zero-order chi connectivity index (χ0) is 20.5. The van der Waals surface area contributed by atoms with Crippen molar-refractivity contribution in [3.05, 3.63) is 40.0 Å². The number of anilines is 1. The van der Waals surface area contributed by atoms with Gasteiger partial charge in [-0.2, -0.15) is 10.2 Å². The molecule has 4 bridgehead atoms. The molecule has 4 aliphatic carbocycles. The second kappa shape index (κ2) is 6.17. The van der Waals surface area contributed by atoms with E-state index in [-0.39, 0.29) is 17.0 Å². The van der Waals surface area contributed by atoms with Crippen molar-refractivity contribution in [2.45, 2.75) is 49.7 Å². The molecule has 7 nitrogen and oxygen atoms in total. The summed E-state index contributed by atoms with van der Waals surface area (Å²) in [5, 5.41) is 24.3. The van der Waals surface area contributed by atoms with Gasteiger partial charge in [0.15, 0.2) is 0 Å². The molecule has 156 valence electrons. The van der Waals surface area contributed by atoms with Gasteiger partial charge in [-0.25, -0.2) is 4.98 Å². The molecule has 5 aliphatic rings. The molecule has 0 spiro atoms. The normalized spacial score (nSPS) is 33.7. The molecule has 2 heterocycles. The predicted molar refractivity (Wildman–Crippen MR) is 114 cm³/mol. The molecule has 0 saturated heterocycles. The molecule has 7 heteroatoms. The van der Waals surface area contributed by atoms with Crippen LogP contribution in [-0.2, 0) is 11.8 Å². The zero-order valence-electron chi connectivity index (χ0n) is 17.4. The second-order valence-corrected chi connectivity index (χ2v) is 9.76. The highest BCUT2D eigenvalue weighted by Gasteiger charge is 2.58. The van der Waals surface area contributed by atoms with Crippen molar-refractivity contribution >= 4 is 18.2 Å². The highest BCUT2D eigenvalue weighted by molar-refractivity contribution is 5.80. The summed E-state index contributed by atoms with van der Waals surface area (Å²) < 4.78 is 7.80. The molecular formula is C23H27N5O2. The maximum atomic E-state index is 10.7. The first-order valence-corrected chi connectivity index (χ1v) is 10.8. The monoisotopic (exact) mass is 405 g/mol. The summed E-state index contributed by atoms with van der Waals surface area (Å²) in [6.45, 7) is 0. The van der Waals surface area contributed by atoms with E-state index < -0.39 is 0 Å². The summed E-state index contributed by atoms with van der Waals surface area (Å²) in [6, 6.07) is 5.92. The van der Waals surface area contributed by atoms with Gasteiger partial charge in [-0.15, -0.1) is 0 Å². The van der Waals surface area contributed by atoms with E-state index in [2.05, 4.69) is 15.5 Å². The third-order valence-electron chi connectivity index (χ3n) is 7.63. The number of aromatic hydroxyl groups is 1. The van der Waals surface area contributed by atoms with Crippen molar-refractivity contribution < 1.29 is 9.84 Å². The van der Waals surface area contributed by atoms with Crippen LogP contribution in [0, 0.1) is 11.8 Å². The van der Waals surface area contributed by atoms with Crippen LogP contribution in [0.2, 0.25) is 0 Å². The van der Waals surface area contributed by atoms with E-state index in [9.17, 15) is 5.11 Å². The zero-order valence-corrected chi connectivity index (χ0v) is 17.4. The lowest BCUT2D eigenvalue weighted by Gasteiger charge is -2.61. The third-order valence-corrected chi connectivity index (χ3v) is 7.63. The number of hydrogen-bond acceptors (Lipinski definition) is 6. The van der Waals surface area contributed by atoms with Crippen molar-refractivity contribution in [2.24, 2.45) is 29.1 Å². The fraction of sp³-hybridized carbons (Fsp3) is 0.522. The molecule has 1 aromatic carbocycles. The average Bonchev–Trinajstić information content (AvgIpc) is 3.27. The SMILES string of the molecule is COC12CC3CC(CC(Nc4nc(C=c5ccc6c(c5)C=NN=6)c(O)n4C)(C3)C1)C2. The number of nitrogens with one attached hydrogen (secondary N) is 1. The summed E-state index contributed by atoms with van der Waals surface area (Å²) in [7, 11) is 3.73. The summed E-state index contributed by atoms with van der Waals surface area (Å²) in [5.41, 5.74) is 1.57. The maximum Gasteiger partial charge on any atom is 0.220 e. The van der Waals surface area contributed by atoms with Gasteiger partial charge in [0.2, 0.25) is 11.8 Å². The van der Waals surface area contributed by atoms with Crippen LogP contribution in [0.15, 0.2) is 28.4 Å². The number of nitrogens with zero attached hydrogens (tertiary/aromatic N) is 4. The van der Waals surface area contributed by atoms with E-state index >= 15 is 0 Å². The molecule has 0 amide bonds. The van der Waals surface area contributed by atoms with Crippen LogP contribution in [-0.4, -0.2) is 39.1 Å². The molecule has 1 aliphatic heterocycles. The Morgan fingerprint density at radius 3 is 2.80 bits per heavy atom. The van der Waals surface area contributed by atoms with Gasteiger partial charge in [0, 0.05) is 25.3 Å². The van der Waals surface area contributed by atoms with Crippen LogP contribution in [0.25, 0.3) is 6.08 Å². The van der Waals surface area contributed by atoms with E-state index in [1.54, 1.807) is 10.8 Å². The quantitative estimate of drug-likeness (QED) is 0.816. The van der Waals surface area contributed by atoms with E-state index in [0.29, 0.717) is 5.69 Å². The summed E-state index contributed by atoms with van der Waals surface area (Å²) >= 11 is 0. The number of hydrogen-bond donors (Lipinski definition) is 2. The first-order valence-electron chi connectivity index (χ1n) is 10.8. The molecular weight excluding hydrogens is 378 g/mol. The maximum absolute atomic E-state index is 10.7. The van der Waals surface area contributed by atoms with E-state index in [1.165, 1.54) is 19.3 Å². The minimum Gasteiger partial charge on any atom is -0.493 e. The van der Waals surface area contributed by atoms with Crippen LogP contribution in [0.1, 0.15) is 49.8 Å². The van der Waals surface area contributed by atoms with Crippen LogP contribution in [0.3, 0.4) is 0 Å². The molecule has 2 N–H and O–H groups in total. The van der Waals surface area contributed by atoms with Crippen molar-refractivity contribution in [3.8, 4) is 5.88 Å². The Morgan fingerprint density at radius 2 is 2.03 bits per heavy atom. The smallest absolute Gasteiger partial charge is 0.220 e. The fourth-order valence-electron chi connectivity index (χ4n) is 6.69. The third kappa shape index (κ3) is 2.71. The van der Waals surface area contributed by atoms with Gasteiger partial charge < -0.3 is 15.2 Å². The largest absolute Gasteiger partial charge is 0.493 e. The number of ether oxygens (including phenoxy) is 1. The van der Waals surface area contributed by atoms with Crippen molar-refractivity contribution in [1.82, 2.24) is 9.55 Å². The fourth-order valence-corrected chi connectivity index (χ4v) is 6.69. The van der Waals surface area contributed by atoms with Gasteiger partial charge >= 0.3 is 0 Å². The first-order chi connectivity index (χ1) is 14.5. The number of aromatic nitrogens is 2. The van der Waals surface area contributed by atoms with Crippen LogP contribution in [0.5, 0.6) is 5.88 Å². The number of benzene rings is 1. The molecule has 0 radical (unpaired) electrons. The number of methoxy groups -OCH3 is 1. The Kier molecular flexibility index (Phi) is 3.73. The summed E-state index contributed by atoms with van der Waals surface area (Å²) in [4.78, 5) is 4.77. The minimum absolute atomic E-state index is 0.00839. The van der Waals surface area contributed by atoms with Gasteiger partial charge in [-0.3, -0.25) is 4.57 Å². The van der Waals surface area contributed by atoms with Gasteiger partial charge in [-0.05, 0) is 73.8 Å². The molecule has 2 aromatic rings. The number of imidazole rings is 1. The lowest BCUT2D eigenvalue weighted by molar-refractivity contribution is -0.148. The predicted octanol–water partition coefficient (Wildman–Crippen LogP) is 2.07. The molecule has 2 atom stereocenters. The van der Waals surface area contributed by atoms with E-state index in [4.69, 9.17) is 9.72 Å². The highest BCUT2D eigenvalue weighted by atomic mass is 16.5. The van der Waals surface area contributed by atoms with E-state index in [1.807, 2.05) is 38.4 Å². The Morgan fingerprint density at radius 1 is 1.23 bits per heavy atom. The Bertz CT molecular complexity index is 1170. The van der Waals surface area contributed by atoms with Gasteiger partial charge in [0.1, 0.15) is 5.69 Å². The number of rotatable bonds is 4. The van der Waals surface area contributed by atoms with E-state index in [0.717, 1.165) is 53.2 Å². The van der Waals surface area contributed by atoms with Gasteiger partial charge in [0.05, 0.1) is 17.2 Å². The lowest BCUT2D eigenvalue weighted by Crippen LogP contribution is -2.62. The Hall–Kier alpha value is -2.67. The Balaban J connectivity index is 1.34. The summed E-state index contributed by atoms with van der Waals surface area (Å²) in [6.07, 6.45) is 10.7. The van der Waals surface area contributed by atoms with Crippen LogP contribution < -0.4 is 15.9 Å². The molecule has 30 heavy (non-hydrogen) atoms. The average molecular weight is 406 g/mol. The van der Waals surface area contributed by atoms with Crippen molar-refractivity contribution in [1.29, 1.82) is 0 Å². The highest BCUT2D eigenvalue weighted by Crippen LogP contribution is 2.59. The number of fused-ring (bicyclic) bond motifs is 1. The van der Waals surface area contributed by atoms with Crippen LogP contribution >= 0.6 is 0 Å². The minimum atomic E-state index is 0.00839. The second-order valence-electron chi connectivity index (χ2n) is 9.76. The molecule has 7 rings (SSSR count). The van der Waals surface area contributed by atoms with Crippen molar-refractivity contribution in [2.75, 3.05) is 12.4 Å². The molecule has 4 saturated carbocycles. The molecule has 2 unspecified atom stereocenters. The topological polar surface area (TPSA) is 84.0 Å². The lowest BCUT2D eigenvalue weighted by atomic mass is 9.51. The first kappa shape index (κ1) is 18.1. The molecule has 4 fully saturated rings. The van der Waals surface area contributed by atoms with Gasteiger partial charge in [-0.1, -0.05) is 6.07 Å². The molecule has 1 aromatic heterocycles.